The first-order valence-corrected chi connectivity index (χ1v) is 5.40. The Bertz CT molecular complexity index is 202. The van der Waals surface area contributed by atoms with Crippen LogP contribution in [-0.4, -0.2) is 27.7 Å². The van der Waals surface area contributed by atoms with Crippen molar-refractivity contribution in [1.29, 1.82) is 0 Å². The van der Waals surface area contributed by atoms with E-state index < -0.39 is 9.70 Å². The molecule has 0 aliphatic carbocycles. The second-order valence-electron chi connectivity index (χ2n) is 3.50. The third-order valence-electron chi connectivity index (χ3n) is 2.19. The van der Waals surface area contributed by atoms with Gasteiger partial charge in [0.1, 0.15) is 0 Å². The van der Waals surface area contributed by atoms with E-state index in [4.69, 9.17) is 34.8 Å². The van der Waals surface area contributed by atoms with E-state index >= 15 is 0 Å². The summed E-state index contributed by atoms with van der Waals surface area (Å²) in [4.78, 5) is 13.1. The SMILES string of the molecule is CC1CCCN(C(=O)C(Cl)(Cl)Cl)C1. The molecule has 2 nitrogen and oxygen atoms in total. The average molecular weight is 245 g/mol. The Hall–Kier alpha value is 0.340. The van der Waals surface area contributed by atoms with Gasteiger partial charge in [-0.2, -0.15) is 0 Å². The molecule has 1 fully saturated rings. The number of alkyl halides is 3. The summed E-state index contributed by atoms with van der Waals surface area (Å²) in [6, 6.07) is 0. The Labute approximate surface area is 93.1 Å². The Morgan fingerprint density at radius 2 is 2.08 bits per heavy atom. The minimum absolute atomic E-state index is 0.399. The highest BCUT2D eigenvalue weighted by atomic mass is 35.6. The van der Waals surface area contributed by atoms with Crippen LogP contribution in [-0.2, 0) is 4.79 Å². The van der Waals surface area contributed by atoms with Crippen molar-refractivity contribution in [3.05, 3.63) is 0 Å². The Kier molecular flexibility index (Phi) is 3.73. The zero-order chi connectivity index (χ0) is 10.1. The second-order valence-corrected chi connectivity index (χ2v) is 5.78. The maximum atomic E-state index is 11.5. The highest BCUT2D eigenvalue weighted by molar-refractivity contribution is 6.76. The molecule has 1 aliphatic rings. The van der Waals surface area contributed by atoms with Gasteiger partial charge < -0.3 is 4.90 Å². The molecule has 0 spiro atoms. The fourth-order valence-corrected chi connectivity index (χ4v) is 1.91. The summed E-state index contributed by atoms with van der Waals surface area (Å²) < 4.78 is -1.79. The lowest BCUT2D eigenvalue weighted by Crippen LogP contribution is -2.44. The molecule has 0 aromatic rings. The van der Waals surface area contributed by atoms with Gasteiger partial charge in [0.25, 0.3) is 9.70 Å². The molecule has 1 aliphatic heterocycles. The van der Waals surface area contributed by atoms with Crippen molar-refractivity contribution < 1.29 is 4.79 Å². The van der Waals surface area contributed by atoms with Crippen molar-refractivity contribution in [3.8, 4) is 0 Å². The van der Waals surface area contributed by atoms with Gasteiger partial charge in [-0.25, -0.2) is 0 Å². The van der Waals surface area contributed by atoms with E-state index in [0.29, 0.717) is 19.0 Å². The Morgan fingerprint density at radius 1 is 1.46 bits per heavy atom. The number of carbonyl (C=O) groups excluding carboxylic acids is 1. The van der Waals surface area contributed by atoms with Gasteiger partial charge in [-0.15, -0.1) is 0 Å². The molecule has 0 aromatic carbocycles. The van der Waals surface area contributed by atoms with E-state index in [-0.39, 0.29) is 0 Å². The summed E-state index contributed by atoms with van der Waals surface area (Å²) in [5.41, 5.74) is 0. The zero-order valence-electron chi connectivity index (χ0n) is 7.40. The zero-order valence-corrected chi connectivity index (χ0v) is 9.66. The van der Waals surface area contributed by atoms with Gasteiger partial charge in [0.05, 0.1) is 0 Å². The molecule has 1 rings (SSSR count). The van der Waals surface area contributed by atoms with Crippen LogP contribution in [0.1, 0.15) is 19.8 Å². The van der Waals surface area contributed by atoms with Crippen LogP contribution >= 0.6 is 34.8 Å². The maximum absolute atomic E-state index is 11.5. The molecule has 1 amide bonds. The number of hydrogen-bond donors (Lipinski definition) is 0. The summed E-state index contributed by atoms with van der Waals surface area (Å²) >= 11 is 16.5. The number of hydrogen-bond acceptors (Lipinski definition) is 1. The summed E-state index contributed by atoms with van der Waals surface area (Å²) in [6.07, 6.45) is 2.14. The molecule has 0 saturated carbocycles. The van der Waals surface area contributed by atoms with Crippen molar-refractivity contribution in [1.82, 2.24) is 4.90 Å². The third kappa shape index (κ3) is 3.19. The number of rotatable bonds is 0. The normalized spacial score (nSPS) is 24.6. The van der Waals surface area contributed by atoms with E-state index in [0.717, 1.165) is 12.8 Å². The van der Waals surface area contributed by atoms with Gasteiger partial charge in [0.2, 0.25) is 0 Å². The van der Waals surface area contributed by atoms with Gasteiger partial charge >= 0.3 is 0 Å². The summed E-state index contributed by atoms with van der Waals surface area (Å²) in [7, 11) is 0. The molecule has 1 saturated heterocycles. The monoisotopic (exact) mass is 243 g/mol. The predicted octanol–water partition coefficient (Wildman–Crippen LogP) is 2.62. The lowest BCUT2D eigenvalue weighted by atomic mass is 10.0. The number of piperidine rings is 1. The van der Waals surface area contributed by atoms with Gasteiger partial charge in [-0.05, 0) is 18.8 Å². The number of nitrogens with zero attached hydrogens (tertiary/aromatic N) is 1. The summed E-state index contributed by atoms with van der Waals surface area (Å²) in [6.45, 7) is 3.50. The highest BCUT2D eigenvalue weighted by Crippen LogP contribution is 2.30. The van der Waals surface area contributed by atoms with Crippen molar-refractivity contribution in [2.24, 2.45) is 5.92 Å². The van der Waals surface area contributed by atoms with E-state index in [2.05, 4.69) is 6.92 Å². The first-order chi connectivity index (χ1) is 5.91. The fraction of sp³-hybridized carbons (Fsp3) is 0.875. The van der Waals surface area contributed by atoms with E-state index in [1.807, 2.05) is 0 Å². The summed E-state index contributed by atoms with van der Waals surface area (Å²) in [5, 5.41) is 0. The van der Waals surface area contributed by atoms with Crippen LogP contribution < -0.4 is 0 Å². The predicted molar refractivity (Wildman–Crippen MR) is 55.3 cm³/mol. The number of amides is 1. The van der Waals surface area contributed by atoms with Crippen molar-refractivity contribution >= 4 is 40.7 Å². The van der Waals surface area contributed by atoms with Crippen LogP contribution in [0.25, 0.3) is 0 Å². The van der Waals surface area contributed by atoms with Crippen LogP contribution in [0.2, 0.25) is 0 Å². The minimum atomic E-state index is -1.79. The van der Waals surface area contributed by atoms with Crippen LogP contribution in [0, 0.1) is 5.92 Å². The van der Waals surface area contributed by atoms with E-state index in [1.54, 1.807) is 4.90 Å². The minimum Gasteiger partial charge on any atom is -0.339 e. The molecule has 0 radical (unpaired) electrons. The number of likely N-dealkylation sites (tertiary alicyclic amines) is 1. The van der Waals surface area contributed by atoms with Crippen LogP contribution in [0.5, 0.6) is 0 Å². The number of halogens is 3. The molecular formula is C8H12Cl3NO. The molecule has 0 bridgehead atoms. The van der Waals surface area contributed by atoms with Crippen LogP contribution in [0.15, 0.2) is 0 Å². The molecule has 0 N–H and O–H groups in total. The van der Waals surface area contributed by atoms with Gasteiger partial charge in [-0.3, -0.25) is 4.79 Å². The summed E-state index contributed by atoms with van der Waals surface area (Å²) in [5.74, 6) is 0.106. The first-order valence-electron chi connectivity index (χ1n) is 4.27. The van der Waals surface area contributed by atoms with Crippen molar-refractivity contribution in [3.63, 3.8) is 0 Å². The quantitative estimate of drug-likeness (QED) is 0.600. The van der Waals surface area contributed by atoms with Crippen LogP contribution in [0.4, 0.5) is 0 Å². The molecule has 1 atom stereocenters. The van der Waals surface area contributed by atoms with Gasteiger partial charge in [0, 0.05) is 13.1 Å². The maximum Gasteiger partial charge on any atom is 0.274 e. The van der Waals surface area contributed by atoms with Crippen molar-refractivity contribution in [2.45, 2.75) is 23.6 Å². The van der Waals surface area contributed by atoms with Crippen molar-refractivity contribution in [2.75, 3.05) is 13.1 Å². The molecule has 5 heteroatoms. The molecule has 1 heterocycles. The van der Waals surface area contributed by atoms with E-state index in [1.165, 1.54) is 0 Å². The smallest absolute Gasteiger partial charge is 0.274 e. The average Bonchev–Trinajstić information content (AvgIpc) is 2.01. The molecule has 0 aromatic heterocycles. The molecule has 76 valence electrons. The molecule has 13 heavy (non-hydrogen) atoms. The Balaban J connectivity index is 2.56. The first kappa shape index (κ1) is 11.4. The van der Waals surface area contributed by atoms with E-state index in [9.17, 15) is 4.79 Å². The largest absolute Gasteiger partial charge is 0.339 e. The number of carbonyl (C=O) groups is 1. The standard InChI is InChI=1S/C8H12Cl3NO/c1-6-3-2-4-12(5-6)7(13)8(9,10)11/h6H,2-5H2,1H3. The third-order valence-corrected chi connectivity index (χ3v) is 2.67. The molecular weight excluding hydrogens is 232 g/mol. The fourth-order valence-electron chi connectivity index (χ4n) is 1.55. The molecule has 1 unspecified atom stereocenters. The Morgan fingerprint density at radius 3 is 2.54 bits per heavy atom. The second kappa shape index (κ2) is 4.24. The lowest BCUT2D eigenvalue weighted by molar-refractivity contribution is -0.131. The van der Waals surface area contributed by atoms with Gasteiger partial charge in [-0.1, -0.05) is 41.7 Å². The topological polar surface area (TPSA) is 20.3 Å². The highest BCUT2D eigenvalue weighted by Gasteiger charge is 2.36. The van der Waals surface area contributed by atoms with Gasteiger partial charge in [0.15, 0.2) is 0 Å². The lowest BCUT2D eigenvalue weighted by Gasteiger charge is -2.32. The van der Waals surface area contributed by atoms with Crippen LogP contribution in [0.3, 0.4) is 0 Å².